The third-order valence-electron chi connectivity index (χ3n) is 5.16. The minimum Gasteiger partial charge on any atom is -0.279 e. The van der Waals surface area contributed by atoms with E-state index in [2.05, 4.69) is 4.72 Å². The van der Waals surface area contributed by atoms with Gasteiger partial charge < -0.3 is 0 Å². The molecule has 5 rings (SSSR count). The van der Waals surface area contributed by atoms with Crippen molar-refractivity contribution in [3.63, 3.8) is 0 Å². The number of hydrogen-bond donors (Lipinski definition) is 1. The Labute approximate surface area is 201 Å². The Balaban J connectivity index is 1.57. The number of carbonyl (C=O) groups is 1. The predicted molar refractivity (Wildman–Crippen MR) is 132 cm³/mol. The SMILES string of the molecule is O=C(c1ccccc1NS(=O)(=O)c1ccc(Cl)cc1)N1c2ccccc2Sc2ccccc21. The average molecular weight is 493 g/mol. The number of hydrogen-bond acceptors (Lipinski definition) is 4. The van der Waals surface area contributed by atoms with Gasteiger partial charge in [-0.05, 0) is 60.7 Å². The molecule has 8 heteroatoms. The smallest absolute Gasteiger partial charge is 0.265 e. The van der Waals surface area contributed by atoms with Crippen LogP contribution in [0.25, 0.3) is 0 Å². The van der Waals surface area contributed by atoms with Gasteiger partial charge in [0.15, 0.2) is 0 Å². The maximum absolute atomic E-state index is 13.9. The van der Waals surface area contributed by atoms with Gasteiger partial charge >= 0.3 is 0 Å². The number of sulfonamides is 1. The molecular formula is C25H17ClN2O3S2. The number of halogens is 1. The molecule has 0 atom stereocenters. The normalized spacial score (nSPS) is 12.6. The first-order chi connectivity index (χ1) is 15.9. The standard InChI is InChI=1S/C25H17ClN2O3S2/c26-17-13-15-18(16-14-17)33(30,31)27-20-8-2-1-7-19(20)25(29)28-21-9-3-5-11-23(21)32-24-12-6-4-10-22(24)28/h1-16,27H. The molecule has 1 amide bonds. The summed E-state index contributed by atoms with van der Waals surface area (Å²) in [5, 5.41) is 0.435. The Morgan fingerprint density at radius 3 is 1.94 bits per heavy atom. The van der Waals surface area contributed by atoms with Gasteiger partial charge in [0, 0.05) is 14.8 Å². The van der Waals surface area contributed by atoms with Gasteiger partial charge in [-0.2, -0.15) is 0 Å². The number of amides is 1. The summed E-state index contributed by atoms with van der Waals surface area (Å²) in [6.45, 7) is 0. The van der Waals surface area contributed by atoms with Crippen molar-refractivity contribution in [2.45, 2.75) is 14.7 Å². The Hall–Kier alpha value is -3.26. The predicted octanol–water partition coefficient (Wildman–Crippen LogP) is 6.58. The summed E-state index contributed by atoms with van der Waals surface area (Å²) in [6.07, 6.45) is 0. The fourth-order valence-corrected chi connectivity index (χ4v) is 5.88. The van der Waals surface area contributed by atoms with E-state index in [1.54, 1.807) is 40.9 Å². The van der Waals surface area contributed by atoms with Crippen LogP contribution >= 0.6 is 23.4 Å². The first kappa shape index (κ1) is 21.6. The summed E-state index contributed by atoms with van der Waals surface area (Å²) in [4.78, 5) is 17.5. The molecule has 1 aliphatic rings. The van der Waals surface area contributed by atoms with Crippen LogP contribution in [0.4, 0.5) is 17.1 Å². The van der Waals surface area contributed by atoms with Crippen molar-refractivity contribution in [3.8, 4) is 0 Å². The molecular weight excluding hydrogens is 476 g/mol. The van der Waals surface area contributed by atoms with E-state index in [1.807, 2.05) is 48.5 Å². The first-order valence-electron chi connectivity index (χ1n) is 10.0. The number of carbonyl (C=O) groups excluding carboxylic acids is 1. The highest BCUT2D eigenvalue weighted by molar-refractivity contribution is 7.99. The topological polar surface area (TPSA) is 66.5 Å². The van der Waals surface area contributed by atoms with Crippen LogP contribution in [-0.4, -0.2) is 14.3 Å². The Bertz CT molecular complexity index is 1430. The molecule has 4 aromatic rings. The van der Waals surface area contributed by atoms with Crippen LogP contribution in [0.2, 0.25) is 5.02 Å². The molecule has 0 saturated carbocycles. The lowest BCUT2D eigenvalue weighted by atomic mass is 10.1. The molecule has 0 bridgehead atoms. The molecule has 0 radical (unpaired) electrons. The van der Waals surface area contributed by atoms with Crippen LogP contribution in [0.1, 0.15) is 10.4 Å². The minimum atomic E-state index is -3.92. The maximum atomic E-state index is 13.9. The van der Waals surface area contributed by atoms with Crippen molar-refractivity contribution in [1.82, 2.24) is 0 Å². The summed E-state index contributed by atoms with van der Waals surface area (Å²) in [5.41, 5.74) is 1.94. The van der Waals surface area contributed by atoms with Crippen LogP contribution in [0.15, 0.2) is 112 Å². The van der Waals surface area contributed by atoms with Crippen LogP contribution in [0.5, 0.6) is 0 Å². The van der Waals surface area contributed by atoms with E-state index < -0.39 is 10.0 Å². The minimum absolute atomic E-state index is 0.0548. The first-order valence-corrected chi connectivity index (χ1v) is 12.7. The Morgan fingerprint density at radius 1 is 0.758 bits per heavy atom. The van der Waals surface area contributed by atoms with E-state index in [1.165, 1.54) is 24.3 Å². The lowest BCUT2D eigenvalue weighted by Crippen LogP contribution is -2.29. The van der Waals surface area contributed by atoms with Crippen LogP contribution < -0.4 is 9.62 Å². The fraction of sp³-hybridized carbons (Fsp3) is 0. The maximum Gasteiger partial charge on any atom is 0.265 e. The molecule has 164 valence electrons. The molecule has 0 aliphatic carbocycles. The second-order valence-corrected chi connectivity index (χ2v) is 10.5. The molecule has 0 unspecified atom stereocenters. The van der Waals surface area contributed by atoms with Crippen molar-refractivity contribution in [2.75, 3.05) is 9.62 Å². The van der Waals surface area contributed by atoms with Crippen molar-refractivity contribution >= 4 is 56.4 Å². The molecule has 0 saturated heterocycles. The summed E-state index contributed by atoms with van der Waals surface area (Å²) >= 11 is 7.49. The second-order valence-electron chi connectivity index (χ2n) is 7.28. The van der Waals surface area contributed by atoms with Crippen molar-refractivity contribution in [3.05, 3.63) is 108 Å². The lowest BCUT2D eigenvalue weighted by Gasteiger charge is -2.31. The van der Waals surface area contributed by atoms with E-state index in [-0.39, 0.29) is 22.1 Å². The van der Waals surface area contributed by atoms with Crippen molar-refractivity contribution in [1.29, 1.82) is 0 Å². The summed E-state index contributed by atoms with van der Waals surface area (Å²) < 4.78 is 28.5. The Kier molecular flexibility index (Phi) is 5.62. The molecule has 0 aromatic heterocycles. The lowest BCUT2D eigenvalue weighted by molar-refractivity contribution is 0.0999. The molecule has 0 fully saturated rings. The van der Waals surface area contributed by atoms with E-state index in [9.17, 15) is 13.2 Å². The highest BCUT2D eigenvalue weighted by Gasteiger charge is 2.30. The zero-order valence-corrected chi connectivity index (χ0v) is 19.5. The second kappa shape index (κ2) is 8.59. The summed E-state index contributed by atoms with van der Waals surface area (Å²) in [7, 11) is -3.92. The number of fused-ring (bicyclic) bond motifs is 2. The molecule has 4 aromatic carbocycles. The van der Waals surface area contributed by atoms with Crippen LogP contribution in [0.3, 0.4) is 0 Å². The largest absolute Gasteiger partial charge is 0.279 e. The van der Waals surface area contributed by atoms with Crippen molar-refractivity contribution < 1.29 is 13.2 Å². The molecule has 1 aliphatic heterocycles. The highest BCUT2D eigenvalue weighted by atomic mass is 35.5. The third kappa shape index (κ3) is 4.11. The van der Waals surface area contributed by atoms with Gasteiger partial charge in [0.1, 0.15) is 0 Å². The van der Waals surface area contributed by atoms with Gasteiger partial charge in [-0.25, -0.2) is 8.42 Å². The number of rotatable bonds is 4. The number of anilines is 3. The third-order valence-corrected chi connectivity index (χ3v) is 7.92. The van der Waals surface area contributed by atoms with Crippen LogP contribution in [-0.2, 0) is 10.0 Å². The van der Waals surface area contributed by atoms with Gasteiger partial charge in [0.05, 0.1) is 27.5 Å². The zero-order valence-electron chi connectivity index (χ0n) is 17.1. The van der Waals surface area contributed by atoms with Crippen molar-refractivity contribution in [2.24, 2.45) is 0 Å². The van der Waals surface area contributed by atoms with Gasteiger partial charge in [0.25, 0.3) is 15.9 Å². The number of nitrogens with one attached hydrogen (secondary N) is 1. The highest BCUT2D eigenvalue weighted by Crippen LogP contribution is 2.48. The summed E-state index contributed by atoms with van der Waals surface area (Å²) in [6, 6.07) is 27.8. The molecule has 0 spiro atoms. The van der Waals surface area contributed by atoms with E-state index in [4.69, 9.17) is 11.6 Å². The number of nitrogens with zero attached hydrogens (tertiary/aromatic N) is 1. The van der Waals surface area contributed by atoms with E-state index >= 15 is 0 Å². The number of benzene rings is 4. The average Bonchev–Trinajstić information content (AvgIpc) is 2.82. The monoisotopic (exact) mass is 492 g/mol. The van der Waals surface area contributed by atoms with Gasteiger partial charge in [-0.1, -0.05) is 59.8 Å². The summed E-state index contributed by atoms with van der Waals surface area (Å²) in [5.74, 6) is -0.329. The molecule has 33 heavy (non-hydrogen) atoms. The molecule has 5 nitrogen and oxygen atoms in total. The zero-order chi connectivity index (χ0) is 23.0. The van der Waals surface area contributed by atoms with Crippen LogP contribution in [0, 0.1) is 0 Å². The van der Waals surface area contributed by atoms with Gasteiger partial charge in [0.2, 0.25) is 0 Å². The Morgan fingerprint density at radius 2 is 1.30 bits per heavy atom. The van der Waals surface area contributed by atoms with E-state index in [0.717, 1.165) is 21.2 Å². The van der Waals surface area contributed by atoms with Gasteiger partial charge in [-0.15, -0.1) is 0 Å². The molecule has 1 N–H and O–H groups in total. The quantitative estimate of drug-likeness (QED) is 0.349. The van der Waals surface area contributed by atoms with Gasteiger partial charge in [-0.3, -0.25) is 14.4 Å². The fourth-order valence-electron chi connectivity index (χ4n) is 3.62. The number of para-hydroxylation sites is 3. The molecule has 1 heterocycles. The van der Waals surface area contributed by atoms with E-state index in [0.29, 0.717) is 5.02 Å².